The fourth-order valence-corrected chi connectivity index (χ4v) is 1.28. The summed E-state index contributed by atoms with van der Waals surface area (Å²) in [5.41, 5.74) is 1.02. The van der Waals surface area contributed by atoms with Gasteiger partial charge in [-0.2, -0.15) is 0 Å². The molecule has 79 valence electrons. The first-order chi connectivity index (χ1) is 6.72. The van der Waals surface area contributed by atoms with E-state index in [0.29, 0.717) is 0 Å². The molecular formula is C10H18N3O. The molecule has 0 aliphatic carbocycles. The number of unbranched alkanes of at least 4 members (excludes halogenated alkanes) is 1. The molecule has 0 unspecified atom stereocenters. The lowest BCUT2D eigenvalue weighted by Crippen LogP contribution is -1.99. The summed E-state index contributed by atoms with van der Waals surface area (Å²) in [6.45, 7) is 5.27. The number of hydrogen-bond donors (Lipinski definition) is 1. The second kappa shape index (κ2) is 5.75. The summed E-state index contributed by atoms with van der Waals surface area (Å²) < 4.78 is 1.84. The van der Waals surface area contributed by atoms with E-state index in [-0.39, 0.29) is 6.61 Å². The fraction of sp³-hybridized carbons (Fsp3) is 0.700. The third kappa shape index (κ3) is 3.87. The van der Waals surface area contributed by atoms with Crippen LogP contribution in [0.3, 0.4) is 0 Å². The van der Waals surface area contributed by atoms with Gasteiger partial charge < -0.3 is 5.11 Å². The molecule has 14 heavy (non-hydrogen) atoms. The first-order valence-electron chi connectivity index (χ1n) is 5.01. The van der Waals surface area contributed by atoms with E-state index in [1.807, 2.05) is 10.9 Å². The fourth-order valence-electron chi connectivity index (χ4n) is 1.28. The quantitative estimate of drug-likeness (QED) is 0.696. The van der Waals surface area contributed by atoms with Crippen LogP contribution in [0.5, 0.6) is 0 Å². The highest BCUT2D eigenvalue weighted by molar-refractivity contribution is 5.00. The molecule has 1 aromatic heterocycles. The zero-order valence-electron chi connectivity index (χ0n) is 8.90. The number of aliphatic hydroxyl groups excluding tert-OH is 1. The van der Waals surface area contributed by atoms with Crippen molar-refractivity contribution in [3.05, 3.63) is 17.8 Å². The zero-order valence-corrected chi connectivity index (χ0v) is 8.90. The number of aryl methyl sites for hydroxylation is 1. The van der Waals surface area contributed by atoms with Crippen LogP contribution in [0, 0.1) is 5.92 Å². The van der Waals surface area contributed by atoms with Crippen molar-refractivity contribution in [2.45, 2.75) is 39.7 Å². The number of aromatic nitrogens is 3. The Hall–Kier alpha value is -0.900. The standard InChI is InChI=1S/C10H18N3O/c1-9(2)7-10-8-13(12-11-10)5-3-4-6-14/h8,14H,3-7H2,1-2H3. The summed E-state index contributed by atoms with van der Waals surface area (Å²) in [5, 5.41) is 16.7. The van der Waals surface area contributed by atoms with Gasteiger partial charge in [-0.05, 0) is 25.2 Å². The molecule has 1 heterocycles. The SMILES string of the molecule is C[C](C)Cc1cn(CCCCO)nn1. The van der Waals surface area contributed by atoms with Crippen molar-refractivity contribution in [1.82, 2.24) is 15.0 Å². The number of aliphatic hydroxyl groups is 1. The highest BCUT2D eigenvalue weighted by atomic mass is 16.2. The number of rotatable bonds is 6. The third-order valence-corrected chi connectivity index (χ3v) is 1.92. The van der Waals surface area contributed by atoms with Crippen molar-refractivity contribution in [1.29, 1.82) is 0 Å². The molecule has 0 bridgehead atoms. The Morgan fingerprint density at radius 3 is 2.86 bits per heavy atom. The molecule has 1 N–H and O–H groups in total. The summed E-state index contributed by atoms with van der Waals surface area (Å²) in [6, 6.07) is 0. The third-order valence-electron chi connectivity index (χ3n) is 1.92. The van der Waals surface area contributed by atoms with Crippen molar-refractivity contribution in [2.24, 2.45) is 0 Å². The normalized spacial score (nSPS) is 11.1. The maximum Gasteiger partial charge on any atom is 0.0832 e. The largest absolute Gasteiger partial charge is 0.396 e. The summed E-state index contributed by atoms with van der Waals surface area (Å²) in [6.07, 6.45) is 4.66. The monoisotopic (exact) mass is 196 g/mol. The predicted molar refractivity (Wildman–Crippen MR) is 54.6 cm³/mol. The van der Waals surface area contributed by atoms with Crippen LogP contribution in [0.4, 0.5) is 0 Å². The second-order valence-corrected chi connectivity index (χ2v) is 3.79. The van der Waals surface area contributed by atoms with Crippen molar-refractivity contribution in [3.63, 3.8) is 0 Å². The molecule has 0 spiro atoms. The highest BCUT2D eigenvalue weighted by Crippen LogP contribution is 2.05. The van der Waals surface area contributed by atoms with Gasteiger partial charge in [0.25, 0.3) is 0 Å². The Balaban J connectivity index is 2.35. The predicted octanol–water partition coefficient (Wildman–Crippen LogP) is 1.21. The van der Waals surface area contributed by atoms with Gasteiger partial charge in [-0.25, -0.2) is 0 Å². The van der Waals surface area contributed by atoms with Gasteiger partial charge >= 0.3 is 0 Å². The van der Waals surface area contributed by atoms with Crippen LogP contribution in [0.15, 0.2) is 6.20 Å². The molecule has 1 aromatic rings. The van der Waals surface area contributed by atoms with Gasteiger partial charge in [0.05, 0.1) is 5.69 Å². The smallest absolute Gasteiger partial charge is 0.0832 e. The highest BCUT2D eigenvalue weighted by Gasteiger charge is 2.02. The number of hydrogen-bond acceptors (Lipinski definition) is 3. The molecule has 1 radical (unpaired) electrons. The Bertz CT molecular complexity index is 258. The van der Waals surface area contributed by atoms with Gasteiger partial charge in [0, 0.05) is 19.3 Å². The average Bonchev–Trinajstić information content (AvgIpc) is 2.52. The molecule has 0 atom stereocenters. The molecule has 0 saturated carbocycles. The molecule has 4 heteroatoms. The van der Waals surface area contributed by atoms with E-state index in [9.17, 15) is 0 Å². The van der Waals surface area contributed by atoms with Crippen LogP contribution >= 0.6 is 0 Å². The van der Waals surface area contributed by atoms with Crippen LogP contribution in [0.2, 0.25) is 0 Å². The van der Waals surface area contributed by atoms with E-state index >= 15 is 0 Å². The maximum absolute atomic E-state index is 8.62. The van der Waals surface area contributed by atoms with Crippen LogP contribution in [-0.2, 0) is 13.0 Å². The van der Waals surface area contributed by atoms with Gasteiger partial charge in [0.2, 0.25) is 0 Å². The van der Waals surface area contributed by atoms with Gasteiger partial charge in [-0.1, -0.05) is 19.1 Å². The first-order valence-corrected chi connectivity index (χ1v) is 5.01. The summed E-state index contributed by atoms with van der Waals surface area (Å²) >= 11 is 0. The van der Waals surface area contributed by atoms with E-state index in [4.69, 9.17) is 5.11 Å². The van der Waals surface area contributed by atoms with Gasteiger partial charge in [-0.15, -0.1) is 5.10 Å². The van der Waals surface area contributed by atoms with Crippen LogP contribution < -0.4 is 0 Å². The van der Waals surface area contributed by atoms with Gasteiger partial charge in [-0.3, -0.25) is 4.68 Å². The molecule has 0 fully saturated rings. The Labute approximate surface area is 84.9 Å². The Kier molecular flexibility index (Phi) is 4.59. The molecule has 0 saturated heterocycles. The summed E-state index contributed by atoms with van der Waals surface area (Å²) in [5.74, 6) is 1.34. The molecular weight excluding hydrogens is 178 g/mol. The van der Waals surface area contributed by atoms with Crippen molar-refractivity contribution in [3.8, 4) is 0 Å². The zero-order chi connectivity index (χ0) is 10.4. The second-order valence-electron chi connectivity index (χ2n) is 3.79. The van der Waals surface area contributed by atoms with Crippen LogP contribution in [-0.4, -0.2) is 26.7 Å². The van der Waals surface area contributed by atoms with E-state index < -0.39 is 0 Å². The van der Waals surface area contributed by atoms with E-state index in [2.05, 4.69) is 24.2 Å². The van der Waals surface area contributed by atoms with Gasteiger partial charge in [0.15, 0.2) is 0 Å². The van der Waals surface area contributed by atoms with Crippen molar-refractivity contribution >= 4 is 0 Å². The van der Waals surface area contributed by atoms with Crippen LogP contribution in [0.25, 0.3) is 0 Å². The average molecular weight is 196 g/mol. The maximum atomic E-state index is 8.62. The minimum atomic E-state index is 0.253. The molecule has 1 rings (SSSR count). The minimum Gasteiger partial charge on any atom is -0.396 e. The van der Waals surface area contributed by atoms with E-state index in [0.717, 1.165) is 31.5 Å². The molecule has 4 nitrogen and oxygen atoms in total. The lowest BCUT2D eigenvalue weighted by molar-refractivity contribution is 0.280. The van der Waals surface area contributed by atoms with E-state index in [1.165, 1.54) is 5.92 Å². The molecule has 0 aliphatic heterocycles. The lowest BCUT2D eigenvalue weighted by atomic mass is 10.1. The molecule has 0 amide bonds. The lowest BCUT2D eigenvalue weighted by Gasteiger charge is -1.98. The van der Waals surface area contributed by atoms with E-state index in [1.54, 1.807) is 0 Å². The molecule has 0 aromatic carbocycles. The van der Waals surface area contributed by atoms with Crippen LogP contribution in [0.1, 0.15) is 32.4 Å². The minimum absolute atomic E-state index is 0.253. The summed E-state index contributed by atoms with van der Waals surface area (Å²) in [4.78, 5) is 0. The number of nitrogens with zero attached hydrogens (tertiary/aromatic N) is 3. The molecule has 0 aliphatic rings. The van der Waals surface area contributed by atoms with Gasteiger partial charge in [0.1, 0.15) is 0 Å². The Morgan fingerprint density at radius 2 is 2.21 bits per heavy atom. The first kappa shape index (κ1) is 11.2. The summed E-state index contributed by atoms with van der Waals surface area (Å²) in [7, 11) is 0. The van der Waals surface area contributed by atoms with Crippen molar-refractivity contribution in [2.75, 3.05) is 6.61 Å². The van der Waals surface area contributed by atoms with Crippen molar-refractivity contribution < 1.29 is 5.11 Å². The Morgan fingerprint density at radius 1 is 1.43 bits per heavy atom. The topological polar surface area (TPSA) is 50.9 Å².